The van der Waals surface area contributed by atoms with Crippen LogP contribution in [0.25, 0.3) is 6.08 Å². The number of nitrogens with zero attached hydrogens (tertiary/aromatic N) is 2. The second-order valence-electron chi connectivity index (χ2n) is 5.59. The summed E-state index contributed by atoms with van der Waals surface area (Å²) in [6.45, 7) is 0.403. The highest BCUT2D eigenvalue weighted by molar-refractivity contribution is 6.05. The molecule has 4 heteroatoms. The zero-order valence-corrected chi connectivity index (χ0v) is 13.7. The van der Waals surface area contributed by atoms with E-state index in [9.17, 15) is 4.79 Å². The normalized spacial score (nSPS) is 10.7. The monoisotopic (exact) mass is 329 g/mol. The smallest absolute Gasteiger partial charge is 0.251 e. The first kappa shape index (κ1) is 16.5. The molecular formula is C21H19N3O. The summed E-state index contributed by atoms with van der Waals surface area (Å²) in [4.78, 5) is 18.6. The maximum absolute atomic E-state index is 12.8. The summed E-state index contributed by atoms with van der Waals surface area (Å²) in [5.41, 5.74) is 9.25. The van der Waals surface area contributed by atoms with Gasteiger partial charge in [0.15, 0.2) is 0 Å². The van der Waals surface area contributed by atoms with Crippen LogP contribution in [0, 0.1) is 0 Å². The number of hydrogen-bond acceptors (Lipinski definition) is 3. The lowest BCUT2D eigenvalue weighted by molar-refractivity contribution is -0.114. The van der Waals surface area contributed by atoms with E-state index in [2.05, 4.69) is 4.98 Å². The van der Waals surface area contributed by atoms with E-state index in [1.165, 1.54) is 0 Å². The van der Waals surface area contributed by atoms with Crippen molar-refractivity contribution in [2.45, 2.75) is 6.54 Å². The molecule has 3 rings (SSSR count). The standard InChI is InChI=1S/C21H19N3O/c22-19-10-4-5-11-20(19)24(16-18-9-6-14-23-15-18)21(25)13-12-17-7-2-1-3-8-17/h1-15H,16,22H2. The van der Waals surface area contributed by atoms with E-state index < -0.39 is 0 Å². The number of nitrogen functional groups attached to an aromatic ring is 1. The van der Waals surface area contributed by atoms with E-state index >= 15 is 0 Å². The van der Waals surface area contributed by atoms with Crippen molar-refractivity contribution in [2.24, 2.45) is 0 Å². The molecule has 1 heterocycles. The van der Waals surface area contributed by atoms with Crippen molar-refractivity contribution in [1.29, 1.82) is 0 Å². The quantitative estimate of drug-likeness (QED) is 0.570. The largest absolute Gasteiger partial charge is 0.397 e. The van der Waals surface area contributed by atoms with Gasteiger partial charge in [0.2, 0.25) is 0 Å². The lowest BCUT2D eigenvalue weighted by Gasteiger charge is -2.23. The maximum atomic E-state index is 12.8. The molecule has 25 heavy (non-hydrogen) atoms. The molecule has 0 aliphatic carbocycles. The third-order valence-corrected chi connectivity index (χ3v) is 3.77. The molecular weight excluding hydrogens is 310 g/mol. The zero-order chi connectivity index (χ0) is 17.5. The minimum Gasteiger partial charge on any atom is -0.397 e. The predicted molar refractivity (Wildman–Crippen MR) is 102 cm³/mol. The zero-order valence-electron chi connectivity index (χ0n) is 13.7. The SMILES string of the molecule is Nc1ccccc1N(Cc1cccnc1)C(=O)C=Cc1ccccc1. The third-order valence-electron chi connectivity index (χ3n) is 3.77. The highest BCUT2D eigenvalue weighted by atomic mass is 16.2. The maximum Gasteiger partial charge on any atom is 0.251 e. The van der Waals surface area contributed by atoms with Crippen LogP contribution in [0.3, 0.4) is 0 Å². The summed E-state index contributed by atoms with van der Waals surface area (Å²) in [6, 6.07) is 20.9. The number of nitrogens with two attached hydrogens (primary N) is 1. The van der Waals surface area contributed by atoms with Gasteiger partial charge in [-0.05, 0) is 35.4 Å². The van der Waals surface area contributed by atoms with E-state index in [1.807, 2.05) is 60.7 Å². The number of carbonyl (C=O) groups is 1. The van der Waals surface area contributed by atoms with Gasteiger partial charge in [-0.2, -0.15) is 0 Å². The summed E-state index contributed by atoms with van der Waals surface area (Å²) in [5.74, 6) is -0.134. The summed E-state index contributed by atoms with van der Waals surface area (Å²) in [6.07, 6.45) is 6.83. The summed E-state index contributed by atoms with van der Waals surface area (Å²) >= 11 is 0. The molecule has 2 N–H and O–H groups in total. The molecule has 0 aliphatic rings. The third kappa shape index (κ3) is 4.32. The number of amides is 1. The molecule has 0 unspecified atom stereocenters. The Kier molecular flexibility index (Phi) is 5.22. The summed E-state index contributed by atoms with van der Waals surface area (Å²) in [7, 11) is 0. The number of hydrogen-bond donors (Lipinski definition) is 1. The van der Waals surface area contributed by atoms with Crippen LogP contribution in [-0.2, 0) is 11.3 Å². The number of rotatable bonds is 5. The Hall–Kier alpha value is -3.40. The molecule has 0 fully saturated rings. The molecule has 1 amide bonds. The Morgan fingerprint density at radius 3 is 2.48 bits per heavy atom. The Morgan fingerprint density at radius 2 is 1.76 bits per heavy atom. The minimum absolute atomic E-state index is 0.134. The first-order chi connectivity index (χ1) is 12.2. The van der Waals surface area contributed by atoms with Gasteiger partial charge in [-0.1, -0.05) is 48.5 Å². The van der Waals surface area contributed by atoms with Crippen molar-refractivity contribution in [3.8, 4) is 0 Å². The van der Waals surface area contributed by atoms with Crippen molar-refractivity contribution < 1.29 is 4.79 Å². The van der Waals surface area contributed by atoms with Crippen LogP contribution < -0.4 is 10.6 Å². The Bertz CT molecular complexity index is 861. The van der Waals surface area contributed by atoms with Crippen molar-refractivity contribution in [3.05, 3.63) is 96.3 Å². The van der Waals surface area contributed by atoms with E-state index in [-0.39, 0.29) is 5.91 Å². The van der Waals surface area contributed by atoms with Crippen molar-refractivity contribution in [3.63, 3.8) is 0 Å². The van der Waals surface area contributed by atoms with Crippen LogP contribution in [0.15, 0.2) is 85.2 Å². The second kappa shape index (κ2) is 7.93. The fourth-order valence-electron chi connectivity index (χ4n) is 2.51. The van der Waals surface area contributed by atoms with Crippen LogP contribution in [0.1, 0.15) is 11.1 Å². The van der Waals surface area contributed by atoms with Crippen LogP contribution >= 0.6 is 0 Å². The van der Waals surface area contributed by atoms with Gasteiger partial charge in [0, 0.05) is 18.5 Å². The highest BCUT2D eigenvalue weighted by Gasteiger charge is 2.16. The number of para-hydroxylation sites is 2. The van der Waals surface area contributed by atoms with E-state index in [4.69, 9.17) is 5.73 Å². The van der Waals surface area contributed by atoms with Crippen LogP contribution in [0.4, 0.5) is 11.4 Å². The number of anilines is 2. The first-order valence-electron chi connectivity index (χ1n) is 8.02. The number of benzene rings is 2. The Morgan fingerprint density at radius 1 is 1.00 bits per heavy atom. The lowest BCUT2D eigenvalue weighted by Crippen LogP contribution is -2.29. The van der Waals surface area contributed by atoms with Crippen LogP contribution in [0.5, 0.6) is 0 Å². The number of pyridine rings is 1. The fourth-order valence-corrected chi connectivity index (χ4v) is 2.51. The fraction of sp³-hybridized carbons (Fsp3) is 0.0476. The van der Waals surface area contributed by atoms with Crippen molar-refractivity contribution in [2.75, 3.05) is 10.6 Å². The van der Waals surface area contributed by atoms with E-state index in [1.54, 1.807) is 35.5 Å². The van der Waals surface area contributed by atoms with Gasteiger partial charge in [-0.25, -0.2) is 0 Å². The molecule has 124 valence electrons. The molecule has 0 saturated carbocycles. The molecule has 0 atom stereocenters. The van der Waals surface area contributed by atoms with Gasteiger partial charge in [0.05, 0.1) is 17.9 Å². The molecule has 0 radical (unpaired) electrons. The van der Waals surface area contributed by atoms with E-state index in [0.717, 1.165) is 11.1 Å². The summed E-state index contributed by atoms with van der Waals surface area (Å²) in [5, 5.41) is 0. The molecule has 0 saturated heterocycles. The van der Waals surface area contributed by atoms with Crippen LogP contribution in [0.2, 0.25) is 0 Å². The predicted octanol–water partition coefficient (Wildman–Crippen LogP) is 3.91. The van der Waals surface area contributed by atoms with E-state index in [0.29, 0.717) is 17.9 Å². The number of carbonyl (C=O) groups excluding carboxylic acids is 1. The van der Waals surface area contributed by atoms with Gasteiger partial charge < -0.3 is 10.6 Å². The van der Waals surface area contributed by atoms with Crippen molar-refractivity contribution >= 4 is 23.4 Å². The van der Waals surface area contributed by atoms with Gasteiger partial charge in [0.1, 0.15) is 0 Å². The minimum atomic E-state index is -0.134. The van der Waals surface area contributed by atoms with Gasteiger partial charge >= 0.3 is 0 Å². The topological polar surface area (TPSA) is 59.2 Å². The lowest BCUT2D eigenvalue weighted by atomic mass is 10.2. The second-order valence-corrected chi connectivity index (χ2v) is 5.59. The molecule has 1 aromatic heterocycles. The molecule has 0 aliphatic heterocycles. The number of aromatic nitrogens is 1. The molecule has 2 aromatic carbocycles. The molecule has 3 aromatic rings. The average molecular weight is 329 g/mol. The van der Waals surface area contributed by atoms with Gasteiger partial charge in [-0.15, -0.1) is 0 Å². The molecule has 0 spiro atoms. The van der Waals surface area contributed by atoms with Crippen LogP contribution in [-0.4, -0.2) is 10.9 Å². The highest BCUT2D eigenvalue weighted by Crippen LogP contribution is 2.24. The van der Waals surface area contributed by atoms with Crippen molar-refractivity contribution in [1.82, 2.24) is 4.98 Å². The summed E-state index contributed by atoms with van der Waals surface area (Å²) < 4.78 is 0. The molecule has 0 bridgehead atoms. The Balaban J connectivity index is 1.89. The first-order valence-corrected chi connectivity index (χ1v) is 8.02. The molecule has 4 nitrogen and oxygen atoms in total. The van der Waals surface area contributed by atoms with Gasteiger partial charge in [0.25, 0.3) is 5.91 Å². The van der Waals surface area contributed by atoms with Gasteiger partial charge in [-0.3, -0.25) is 9.78 Å². The average Bonchev–Trinajstić information content (AvgIpc) is 2.66. The Labute approximate surface area is 147 Å².